The van der Waals surface area contributed by atoms with Crippen LogP contribution in [-0.2, 0) is 4.79 Å². The van der Waals surface area contributed by atoms with Crippen LogP contribution in [0.5, 0.6) is 5.75 Å². The Labute approximate surface area is 187 Å². The second kappa shape index (κ2) is 9.73. The van der Waals surface area contributed by atoms with Crippen LogP contribution in [-0.4, -0.2) is 67.0 Å². The minimum Gasteiger partial charge on any atom is -0.496 e. The topological polar surface area (TPSA) is 36.0 Å². The highest BCUT2D eigenvalue weighted by atomic mass is 16.5. The number of ether oxygens (including phenoxy) is 1. The summed E-state index contributed by atoms with van der Waals surface area (Å²) in [5.41, 5.74) is 5.42. The molecule has 0 bridgehead atoms. The molecule has 1 unspecified atom stereocenters. The van der Waals surface area contributed by atoms with Crippen molar-refractivity contribution in [1.29, 1.82) is 0 Å². The standard InChI is InChI=1S/C26H37N3O2/c1-18-15-24(28-12-10-23(11-13-28)27(5)6)17-29(21(18)4)26(30)16-19(2)22-8-9-25(31-7)20(3)14-22/h8-9,14-17,21,23H,10-13H2,1-7H3/b19-16+. The van der Waals surface area contributed by atoms with Crippen LogP contribution in [0.1, 0.15) is 44.7 Å². The van der Waals surface area contributed by atoms with Gasteiger partial charge in [0.1, 0.15) is 5.75 Å². The molecule has 1 fully saturated rings. The molecule has 2 aliphatic rings. The largest absolute Gasteiger partial charge is 0.496 e. The van der Waals surface area contributed by atoms with Gasteiger partial charge in [-0.15, -0.1) is 0 Å². The number of amides is 1. The fraction of sp³-hybridized carbons (Fsp3) is 0.500. The highest BCUT2D eigenvalue weighted by Gasteiger charge is 2.27. The van der Waals surface area contributed by atoms with Crippen molar-refractivity contribution >= 4 is 11.5 Å². The summed E-state index contributed by atoms with van der Waals surface area (Å²) in [7, 11) is 5.99. The lowest BCUT2D eigenvalue weighted by molar-refractivity contribution is -0.124. The maximum Gasteiger partial charge on any atom is 0.251 e. The van der Waals surface area contributed by atoms with Gasteiger partial charge in [-0.05, 0) is 95.1 Å². The number of methoxy groups -OCH3 is 1. The van der Waals surface area contributed by atoms with Crippen LogP contribution in [0.3, 0.4) is 0 Å². The van der Waals surface area contributed by atoms with Gasteiger partial charge in [-0.1, -0.05) is 6.07 Å². The zero-order valence-corrected chi connectivity index (χ0v) is 20.1. The van der Waals surface area contributed by atoms with E-state index < -0.39 is 0 Å². The quantitative estimate of drug-likeness (QED) is 0.656. The fourth-order valence-corrected chi connectivity index (χ4v) is 4.40. The van der Waals surface area contributed by atoms with Gasteiger partial charge in [0.05, 0.1) is 18.8 Å². The second-order valence-corrected chi connectivity index (χ2v) is 9.06. The first kappa shape index (κ1) is 23.1. The molecule has 2 aliphatic heterocycles. The van der Waals surface area contributed by atoms with Gasteiger partial charge in [0.2, 0.25) is 0 Å². The van der Waals surface area contributed by atoms with Crippen LogP contribution in [0.15, 0.2) is 47.8 Å². The summed E-state index contributed by atoms with van der Waals surface area (Å²) >= 11 is 0. The number of aryl methyl sites for hydroxylation is 1. The van der Waals surface area contributed by atoms with Gasteiger partial charge in [-0.2, -0.15) is 0 Å². The molecule has 2 heterocycles. The van der Waals surface area contributed by atoms with Gasteiger partial charge < -0.3 is 19.4 Å². The van der Waals surface area contributed by atoms with Crippen LogP contribution < -0.4 is 4.74 Å². The summed E-state index contributed by atoms with van der Waals surface area (Å²) in [6.45, 7) is 10.3. The van der Waals surface area contributed by atoms with E-state index in [1.54, 1.807) is 13.2 Å². The van der Waals surface area contributed by atoms with Crippen LogP contribution in [0.4, 0.5) is 0 Å². The lowest BCUT2D eigenvalue weighted by Gasteiger charge is -2.40. The number of carbonyl (C=O) groups excluding carboxylic acids is 1. The molecule has 0 spiro atoms. The number of rotatable bonds is 5. The number of allylic oxidation sites excluding steroid dienone is 2. The Hall–Kier alpha value is -2.53. The Balaban J connectivity index is 1.78. The molecule has 0 saturated carbocycles. The molecule has 5 nitrogen and oxygen atoms in total. The third-order valence-corrected chi connectivity index (χ3v) is 6.73. The first-order valence-corrected chi connectivity index (χ1v) is 11.2. The highest BCUT2D eigenvalue weighted by molar-refractivity contribution is 5.96. The molecule has 31 heavy (non-hydrogen) atoms. The van der Waals surface area contributed by atoms with E-state index >= 15 is 0 Å². The van der Waals surface area contributed by atoms with Crippen molar-refractivity contribution in [2.75, 3.05) is 34.3 Å². The number of benzene rings is 1. The van der Waals surface area contributed by atoms with E-state index in [-0.39, 0.29) is 11.9 Å². The van der Waals surface area contributed by atoms with E-state index in [0.29, 0.717) is 6.04 Å². The summed E-state index contributed by atoms with van der Waals surface area (Å²) in [5, 5.41) is 0. The van der Waals surface area contributed by atoms with Crippen molar-refractivity contribution in [3.05, 3.63) is 58.9 Å². The Morgan fingerprint density at radius 2 is 1.87 bits per heavy atom. The zero-order valence-electron chi connectivity index (χ0n) is 20.1. The summed E-state index contributed by atoms with van der Waals surface area (Å²) < 4.78 is 5.35. The normalized spacial score (nSPS) is 20.6. The van der Waals surface area contributed by atoms with Crippen molar-refractivity contribution in [2.45, 2.75) is 52.6 Å². The van der Waals surface area contributed by atoms with Crippen molar-refractivity contribution in [1.82, 2.24) is 14.7 Å². The predicted octanol–water partition coefficient (Wildman–Crippen LogP) is 4.45. The molecule has 3 rings (SSSR count). The van der Waals surface area contributed by atoms with E-state index in [2.05, 4.69) is 49.9 Å². The van der Waals surface area contributed by atoms with Crippen molar-refractivity contribution < 1.29 is 9.53 Å². The first-order valence-electron chi connectivity index (χ1n) is 11.2. The van der Waals surface area contributed by atoms with Gasteiger partial charge in [-0.3, -0.25) is 4.79 Å². The molecule has 5 heteroatoms. The molecule has 168 valence electrons. The molecule has 1 aromatic carbocycles. The minimum absolute atomic E-state index is 0.0200. The van der Waals surface area contributed by atoms with E-state index in [4.69, 9.17) is 4.74 Å². The van der Waals surface area contributed by atoms with E-state index in [1.165, 1.54) is 5.57 Å². The van der Waals surface area contributed by atoms with Crippen LogP contribution >= 0.6 is 0 Å². The number of hydrogen-bond donors (Lipinski definition) is 0. The van der Waals surface area contributed by atoms with Crippen LogP contribution in [0.25, 0.3) is 5.57 Å². The summed E-state index contributed by atoms with van der Waals surface area (Å²) in [4.78, 5) is 19.9. The highest BCUT2D eigenvalue weighted by Crippen LogP contribution is 2.27. The molecule has 1 atom stereocenters. The van der Waals surface area contributed by atoms with Crippen LogP contribution in [0.2, 0.25) is 0 Å². The fourth-order valence-electron chi connectivity index (χ4n) is 4.40. The van der Waals surface area contributed by atoms with Gasteiger partial charge in [0.25, 0.3) is 5.91 Å². The zero-order chi connectivity index (χ0) is 22.7. The Morgan fingerprint density at radius 3 is 2.45 bits per heavy atom. The van der Waals surface area contributed by atoms with Gasteiger partial charge in [-0.25, -0.2) is 0 Å². The molecule has 1 amide bonds. The molecular weight excluding hydrogens is 386 g/mol. The Bertz CT molecular complexity index is 905. The minimum atomic E-state index is 0.0200. The molecular formula is C26H37N3O2. The van der Waals surface area contributed by atoms with Crippen LogP contribution in [0, 0.1) is 6.92 Å². The van der Waals surface area contributed by atoms with Gasteiger partial charge >= 0.3 is 0 Å². The summed E-state index contributed by atoms with van der Waals surface area (Å²) in [6.07, 6.45) is 8.34. The monoisotopic (exact) mass is 423 g/mol. The Morgan fingerprint density at radius 1 is 1.19 bits per heavy atom. The predicted molar refractivity (Wildman–Crippen MR) is 128 cm³/mol. The van der Waals surface area contributed by atoms with E-state index in [9.17, 15) is 4.79 Å². The second-order valence-electron chi connectivity index (χ2n) is 9.06. The third-order valence-electron chi connectivity index (χ3n) is 6.73. The third kappa shape index (κ3) is 5.21. The average Bonchev–Trinajstić information content (AvgIpc) is 2.75. The number of hydrogen-bond acceptors (Lipinski definition) is 4. The smallest absolute Gasteiger partial charge is 0.251 e. The molecule has 0 aromatic heterocycles. The average molecular weight is 424 g/mol. The first-order chi connectivity index (χ1) is 14.7. The lowest BCUT2D eigenvalue weighted by Crippen LogP contribution is -2.43. The maximum absolute atomic E-state index is 13.2. The SMILES string of the molecule is COc1ccc(/C(C)=C/C(=O)N2C=C(N3CCC(N(C)C)CC3)C=C(C)C2C)cc1C. The van der Waals surface area contributed by atoms with Crippen molar-refractivity contribution in [3.8, 4) is 5.75 Å². The molecule has 0 radical (unpaired) electrons. The molecule has 0 N–H and O–H groups in total. The number of nitrogens with zero attached hydrogens (tertiary/aromatic N) is 3. The van der Waals surface area contributed by atoms with Crippen molar-refractivity contribution in [2.24, 2.45) is 0 Å². The lowest BCUT2D eigenvalue weighted by atomic mass is 9.99. The molecule has 1 saturated heterocycles. The molecule has 0 aliphatic carbocycles. The summed E-state index contributed by atoms with van der Waals surface area (Å²) in [5.74, 6) is 0.880. The molecule has 1 aromatic rings. The van der Waals surface area contributed by atoms with Gasteiger partial charge in [0.15, 0.2) is 0 Å². The van der Waals surface area contributed by atoms with E-state index in [0.717, 1.165) is 54.1 Å². The van der Waals surface area contributed by atoms with Crippen molar-refractivity contribution in [3.63, 3.8) is 0 Å². The number of likely N-dealkylation sites (tertiary alicyclic amines) is 1. The van der Waals surface area contributed by atoms with E-state index in [1.807, 2.05) is 37.1 Å². The summed E-state index contributed by atoms with van der Waals surface area (Å²) in [6, 6.07) is 6.72. The Kier molecular flexibility index (Phi) is 7.26. The van der Waals surface area contributed by atoms with Gasteiger partial charge in [0, 0.05) is 31.4 Å². The maximum atomic E-state index is 13.2. The number of piperidine rings is 1. The number of carbonyl (C=O) groups is 1.